The predicted molar refractivity (Wildman–Crippen MR) is 66.7 cm³/mol. The highest BCUT2D eigenvalue weighted by Crippen LogP contribution is 2.38. The topological polar surface area (TPSA) is 88.2 Å². The van der Waals surface area contributed by atoms with Crippen LogP contribution in [-0.2, 0) is 4.79 Å². The molecule has 1 heterocycles. The smallest absolute Gasteiger partial charge is 0.313 e. The number of thioether (sulfide) groups is 1. The van der Waals surface area contributed by atoms with E-state index in [9.17, 15) is 9.90 Å². The van der Waals surface area contributed by atoms with Gasteiger partial charge in [0.25, 0.3) is 0 Å². The quantitative estimate of drug-likeness (QED) is 0.784. The SMILES string of the molecule is CC(C)n1c(SCC(=O)O)nnc1C1CC(O)C1. The van der Waals surface area contributed by atoms with Crippen molar-refractivity contribution in [2.24, 2.45) is 0 Å². The second-order valence-corrected chi connectivity index (χ2v) is 5.75. The van der Waals surface area contributed by atoms with Crippen molar-refractivity contribution in [1.29, 1.82) is 0 Å². The molecule has 0 aliphatic heterocycles. The molecular weight excluding hydrogens is 254 g/mol. The lowest BCUT2D eigenvalue weighted by molar-refractivity contribution is -0.133. The highest BCUT2D eigenvalue weighted by atomic mass is 32.2. The van der Waals surface area contributed by atoms with Crippen LogP contribution in [0.15, 0.2) is 5.16 Å². The van der Waals surface area contributed by atoms with Gasteiger partial charge in [-0.25, -0.2) is 0 Å². The molecule has 0 amide bonds. The Morgan fingerprint density at radius 1 is 1.50 bits per heavy atom. The van der Waals surface area contributed by atoms with E-state index >= 15 is 0 Å². The van der Waals surface area contributed by atoms with Crippen LogP contribution in [0, 0.1) is 0 Å². The van der Waals surface area contributed by atoms with Crippen LogP contribution in [-0.4, -0.2) is 42.8 Å². The molecule has 1 aliphatic rings. The van der Waals surface area contributed by atoms with Gasteiger partial charge in [-0.15, -0.1) is 10.2 Å². The third kappa shape index (κ3) is 2.67. The molecule has 1 aliphatic carbocycles. The van der Waals surface area contributed by atoms with E-state index < -0.39 is 5.97 Å². The average molecular weight is 271 g/mol. The van der Waals surface area contributed by atoms with E-state index in [1.54, 1.807) is 0 Å². The van der Waals surface area contributed by atoms with Gasteiger partial charge >= 0.3 is 5.97 Å². The number of aliphatic hydroxyl groups excluding tert-OH is 1. The lowest BCUT2D eigenvalue weighted by Crippen LogP contribution is -2.29. The van der Waals surface area contributed by atoms with E-state index in [0.29, 0.717) is 18.0 Å². The number of carboxylic acid groups (broad SMARTS) is 1. The van der Waals surface area contributed by atoms with E-state index in [4.69, 9.17) is 5.11 Å². The molecule has 2 N–H and O–H groups in total. The van der Waals surface area contributed by atoms with Gasteiger partial charge in [0.2, 0.25) is 0 Å². The molecule has 1 aromatic rings. The van der Waals surface area contributed by atoms with Gasteiger partial charge in [-0.2, -0.15) is 0 Å². The summed E-state index contributed by atoms with van der Waals surface area (Å²) in [6.45, 7) is 4.04. The monoisotopic (exact) mass is 271 g/mol. The second kappa shape index (κ2) is 5.27. The van der Waals surface area contributed by atoms with Crippen LogP contribution in [0.5, 0.6) is 0 Å². The predicted octanol–water partition coefficient (Wildman–Crippen LogP) is 1.27. The lowest BCUT2D eigenvalue weighted by atomic mass is 9.82. The molecular formula is C11H17N3O3S. The molecule has 0 bridgehead atoms. The van der Waals surface area contributed by atoms with E-state index in [-0.39, 0.29) is 23.8 Å². The Hall–Kier alpha value is -1.08. The third-order valence-corrected chi connectivity index (χ3v) is 3.94. The third-order valence-electron chi connectivity index (χ3n) is 3.01. The maximum atomic E-state index is 10.6. The van der Waals surface area contributed by atoms with Gasteiger partial charge in [-0.1, -0.05) is 11.8 Å². The molecule has 6 nitrogen and oxygen atoms in total. The number of aromatic nitrogens is 3. The number of hydrogen-bond donors (Lipinski definition) is 2. The minimum atomic E-state index is -0.862. The van der Waals surface area contributed by atoms with Crippen molar-refractivity contribution >= 4 is 17.7 Å². The zero-order valence-corrected chi connectivity index (χ0v) is 11.2. The number of aliphatic carboxylic acids is 1. The molecule has 1 saturated carbocycles. The summed E-state index contributed by atoms with van der Waals surface area (Å²) in [5, 5.41) is 26.9. The molecule has 0 spiro atoms. The van der Waals surface area contributed by atoms with Crippen molar-refractivity contribution in [3.63, 3.8) is 0 Å². The Labute approximate surface area is 109 Å². The van der Waals surface area contributed by atoms with Crippen LogP contribution in [0.2, 0.25) is 0 Å². The molecule has 1 fully saturated rings. The zero-order valence-electron chi connectivity index (χ0n) is 10.4. The summed E-state index contributed by atoms with van der Waals surface area (Å²) >= 11 is 1.18. The number of hydrogen-bond acceptors (Lipinski definition) is 5. The van der Waals surface area contributed by atoms with Gasteiger partial charge in [0.05, 0.1) is 11.9 Å². The van der Waals surface area contributed by atoms with Crippen molar-refractivity contribution in [3.05, 3.63) is 5.82 Å². The van der Waals surface area contributed by atoms with Crippen LogP contribution < -0.4 is 0 Å². The Kier molecular flexibility index (Phi) is 3.91. The lowest BCUT2D eigenvalue weighted by Gasteiger charge is -2.31. The first kappa shape index (κ1) is 13.4. The molecule has 0 radical (unpaired) electrons. The van der Waals surface area contributed by atoms with Crippen LogP contribution in [0.4, 0.5) is 0 Å². The highest BCUT2D eigenvalue weighted by molar-refractivity contribution is 7.99. The minimum Gasteiger partial charge on any atom is -0.481 e. The summed E-state index contributed by atoms with van der Waals surface area (Å²) in [5.41, 5.74) is 0. The fourth-order valence-corrected chi connectivity index (χ4v) is 2.87. The Balaban J connectivity index is 2.17. The maximum absolute atomic E-state index is 10.6. The molecule has 2 rings (SSSR count). The average Bonchev–Trinajstić information content (AvgIpc) is 2.65. The summed E-state index contributed by atoms with van der Waals surface area (Å²) in [6.07, 6.45) is 1.20. The number of carbonyl (C=O) groups is 1. The normalized spacial score (nSPS) is 23.1. The number of carboxylic acids is 1. The van der Waals surface area contributed by atoms with Crippen molar-refractivity contribution < 1.29 is 15.0 Å². The Morgan fingerprint density at radius 2 is 2.17 bits per heavy atom. The Morgan fingerprint density at radius 3 is 2.67 bits per heavy atom. The van der Waals surface area contributed by atoms with Crippen LogP contribution in [0.1, 0.15) is 44.5 Å². The van der Waals surface area contributed by atoms with Crippen molar-refractivity contribution in [1.82, 2.24) is 14.8 Å². The Bertz CT molecular complexity index is 441. The van der Waals surface area contributed by atoms with Gasteiger partial charge < -0.3 is 14.8 Å². The van der Waals surface area contributed by atoms with Gasteiger partial charge in [-0.3, -0.25) is 4.79 Å². The molecule has 0 aromatic carbocycles. The van der Waals surface area contributed by atoms with Gasteiger partial charge in [0, 0.05) is 12.0 Å². The molecule has 100 valence electrons. The summed E-state index contributed by atoms with van der Waals surface area (Å²) in [7, 11) is 0. The van der Waals surface area contributed by atoms with Crippen molar-refractivity contribution in [3.8, 4) is 0 Å². The van der Waals surface area contributed by atoms with Crippen LogP contribution in [0.3, 0.4) is 0 Å². The number of nitrogens with zero attached hydrogens (tertiary/aromatic N) is 3. The van der Waals surface area contributed by atoms with Gasteiger partial charge in [-0.05, 0) is 26.7 Å². The largest absolute Gasteiger partial charge is 0.481 e. The van der Waals surface area contributed by atoms with Crippen molar-refractivity contribution in [2.75, 3.05) is 5.75 Å². The van der Waals surface area contributed by atoms with Crippen LogP contribution in [0.25, 0.3) is 0 Å². The fourth-order valence-electron chi connectivity index (χ4n) is 2.08. The summed E-state index contributed by atoms with van der Waals surface area (Å²) in [6, 6.07) is 0.184. The summed E-state index contributed by atoms with van der Waals surface area (Å²) < 4.78 is 1.98. The molecule has 7 heteroatoms. The van der Waals surface area contributed by atoms with E-state index in [2.05, 4.69) is 10.2 Å². The second-order valence-electron chi connectivity index (χ2n) is 4.81. The fraction of sp³-hybridized carbons (Fsp3) is 0.727. The minimum absolute atomic E-state index is 0.0157. The van der Waals surface area contributed by atoms with Crippen molar-refractivity contribution in [2.45, 2.75) is 49.9 Å². The standard InChI is InChI=1S/C11H17N3O3S/c1-6(2)14-10(7-3-8(15)4-7)12-13-11(14)18-5-9(16)17/h6-8,15H,3-5H2,1-2H3,(H,16,17). The van der Waals surface area contributed by atoms with E-state index in [1.807, 2.05) is 18.4 Å². The molecule has 0 atom stereocenters. The highest BCUT2D eigenvalue weighted by Gasteiger charge is 2.33. The molecule has 0 saturated heterocycles. The molecule has 1 aromatic heterocycles. The number of rotatable bonds is 5. The van der Waals surface area contributed by atoms with E-state index in [1.165, 1.54) is 11.8 Å². The van der Waals surface area contributed by atoms with Gasteiger partial charge in [0.15, 0.2) is 5.16 Å². The zero-order chi connectivity index (χ0) is 13.3. The van der Waals surface area contributed by atoms with Crippen LogP contribution >= 0.6 is 11.8 Å². The molecule has 0 unspecified atom stereocenters. The first-order chi connectivity index (χ1) is 8.49. The molecule has 18 heavy (non-hydrogen) atoms. The summed E-state index contributed by atoms with van der Waals surface area (Å²) in [4.78, 5) is 10.6. The first-order valence-corrected chi connectivity index (χ1v) is 6.95. The summed E-state index contributed by atoms with van der Waals surface area (Å²) in [5.74, 6) is 0.231. The number of aliphatic hydroxyl groups is 1. The van der Waals surface area contributed by atoms with Gasteiger partial charge in [0.1, 0.15) is 5.82 Å². The van der Waals surface area contributed by atoms with E-state index in [0.717, 1.165) is 5.82 Å². The maximum Gasteiger partial charge on any atom is 0.313 e. The first-order valence-electron chi connectivity index (χ1n) is 5.96.